The number of halogens is 2. The van der Waals surface area contributed by atoms with Gasteiger partial charge in [0.05, 0.1) is 11.9 Å². The summed E-state index contributed by atoms with van der Waals surface area (Å²) in [5.74, 6) is -0.596. The lowest BCUT2D eigenvalue weighted by atomic mass is 10.1. The van der Waals surface area contributed by atoms with Gasteiger partial charge in [-0.25, -0.2) is 8.42 Å². The smallest absolute Gasteiger partial charge is 0.242 e. The first-order chi connectivity index (χ1) is 16.7. The van der Waals surface area contributed by atoms with Gasteiger partial charge in [-0.05, 0) is 70.4 Å². The molecule has 0 radical (unpaired) electrons. The molecule has 0 aliphatic carbocycles. The standard InChI is InChI=1S/C26H35Cl2N3O4S/c1-17(2)29-26(33)20(5)30(16-21-22(27)9-7-10-23(21)28)25(32)11-8-14-31(36(6,34)35)24-15-18(3)12-13-19(24)4/h7,9-10,12-13,15,17,20H,8,11,14,16H2,1-6H3,(H,29,33). The zero-order valence-electron chi connectivity index (χ0n) is 21.6. The summed E-state index contributed by atoms with van der Waals surface area (Å²) in [5, 5.41) is 3.63. The second-order valence-corrected chi connectivity index (χ2v) is 12.0. The van der Waals surface area contributed by atoms with E-state index in [-0.39, 0.29) is 43.8 Å². The van der Waals surface area contributed by atoms with Gasteiger partial charge in [0.15, 0.2) is 0 Å². The number of carbonyl (C=O) groups is 2. The molecule has 0 spiro atoms. The first-order valence-electron chi connectivity index (χ1n) is 11.8. The number of hydrogen-bond donors (Lipinski definition) is 1. The molecule has 0 aliphatic rings. The molecule has 2 amide bonds. The van der Waals surface area contributed by atoms with Crippen LogP contribution in [0, 0.1) is 13.8 Å². The van der Waals surface area contributed by atoms with Crippen LogP contribution in [-0.2, 0) is 26.2 Å². The van der Waals surface area contributed by atoms with Crippen molar-refractivity contribution < 1.29 is 18.0 Å². The predicted octanol–water partition coefficient (Wildman–Crippen LogP) is 5.10. The van der Waals surface area contributed by atoms with Crippen molar-refractivity contribution in [1.29, 1.82) is 0 Å². The monoisotopic (exact) mass is 555 g/mol. The van der Waals surface area contributed by atoms with E-state index in [4.69, 9.17) is 23.2 Å². The van der Waals surface area contributed by atoms with Crippen LogP contribution in [0.2, 0.25) is 10.0 Å². The Morgan fingerprint density at radius 1 is 1.03 bits per heavy atom. The summed E-state index contributed by atoms with van der Waals surface area (Å²) in [4.78, 5) is 27.6. The van der Waals surface area contributed by atoms with E-state index >= 15 is 0 Å². The van der Waals surface area contributed by atoms with Crippen molar-refractivity contribution in [3.05, 3.63) is 63.1 Å². The van der Waals surface area contributed by atoms with E-state index in [1.807, 2.05) is 45.9 Å². The van der Waals surface area contributed by atoms with Crippen LogP contribution >= 0.6 is 23.2 Å². The van der Waals surface area contributed by atoms with E-state index in [1.54, 1.807) is 25.1 Å². The minimum absolute atomic E-state index is 0.0399. The summed E-state index contributed by atoms with van der Waals surface area (Å²) in [6.45, 7) is 9.26. The Bertz CT molecular complexity index is 1180. The zero-order valence-corrected chi connectivity index (χ0v) is 24.0. The fourth-order valence-electron chi connectivity index (χ4n) is 3.81. The van der Waals surface area contributed by atoms with Crippen molar-refractivity contribution in [2.45, 2.75) is 66.1 Å². The Labute approximate surface area is 224 Å². The summed E-state index contributed by atoms with van der Waals surface area (Å²) in [6, 6.07) is 9.81. The highest BCUT2D eigenvalue weighted by Crippen LogP contribution is 2.28. The summed E-state index contributed by atoms with van der Waals surface area (Å²) >= 11 is 12.7. The van der Waals surface area contributed by atoms with Crippen LogP contribution in [0.1, 0.15) is 50.3 Å². The number of benzene rings is 2. The van der Waals surface area contributed by atoms with Gasteiger partial charge in [0, 0.05) is 41.2 Å². The molecule has 2 aromatic rings. The molecule has 36 heavy (non-hydrogen) atoms. The number of hydrogen-bond acceptors (Lipinski definition) is 4. The molecular formula is C26H35Cl2N3O4S. The fraction of sp³-hybridized carbons (Fsp3) is 0.462. The Kier molecular flexibility index (Phi) is 10.6. The van der Waals surface area contributed by atoms with E-state index in [9.17, 15) is 18.0 Å². The third-order valence-corrected chi connectivity index (χ3v) is 7.66. The average Bonchev–Trinajstić information content (AvgIpc) is 2.76. The number of anilines is 1. The Hall–Kier alpha value is -2.29. The Morgan fingerprint density at radius 3 is 2.19 bits per heavy atom. The highest BCUT2D eigenvalue weighted by molar-refractivity contribution is 7.92. The molecule has 1 atom stereocenters. The minimum atomic E-state index is -3.57. The van der Waals surface area contributed by atoms with Crippen LogP contribution in [0.5, 0.6) is 0 Å². The fourth-order valence-corrected chi connectivity index (χ4v) is 5.34. The topological polar surface area (TPSA) is 86.8 Å². The van der Waals surface area contributed by atoms with E-state index < -0.39 is 16.1 Å². The van der Waals surface area contributed by atoms with Gasteiger partial charge in [-0.3, -0.25) is 13.9 Å². The molecule has 7 nitrogen and oxygen atoms in total. The maximum atomic E-state index is 13.4. The van der Waals surface area contributed by atoms with Crippen molar-refractivity contribution >= 4 is 50.7 Å². The van der Waals surface area contributed by atoms with Crippen molar-refractivity contribution in [1.82, 2.24) is 10.2 Å². The van der Waals surface area contributed by atoms with Gasteiger partial charge in [0.25, 0.3) is 0 Å². The molecule has 0 aromatic heterocycles. The van der Waals surface area contributed by atoms with Gasteiger partial charge in [0.2, 0.25) is 21.8 Å². The summed E-state index contributed by atoms with van der Waals surface area (Å²) in [6.07, 6.45) is 1.46. The van der Waals surface area contributed by atoms with Gasteiger partial charge in [0.1, 0.15) is 6.04 Å². The second kappa shape index (κ2) is 12.8. The van der Waals surface area contributed by atoms with Crippen LogP contribution in [0.4, 0.5) is 5.69 Å². The highest BCUT2D eigenvalue weighted by Gasteiger charge is 2.28. The zero-order chi connectivity index (χ0) is 27.2. The third-order valence-electron chi connectivity index (χ3n) is 5.77. The lowest BCUT2D eigenvalue weighted by molar-refractivity contribution is -0.140. The van der Waals surface area contributed by atoms with Gasteiger partial charge in [-0.15, -0.1) is 0 Å². The molecule has 0 fully saturated rings. The average molecular weight is 557 g/mol. The number of amides is 2. The molecule has 0 saturated carbocycles. The number of rotatable bonds is 11. The SMILES string of the molecule is Cc1ccc(C)c(N(CCCC(=O)N(Cc2c(Cl)cccc2Cl)C(C)C(=O)NC(C)C)S(C)(=O)=O)c1. The lowest BCUT2D eigenvalue weighted by Crippen LogP contribution is -2.49. The Balaban J connectivity index is 2.26. The highest BCUT2D eigenvalue weighted by atomic mass is 35.5. The molecule has 1 N–H and O–H groups in total. The third kappa shape index (κ3) is 8.11. The van der Waals surface area contributed by atoms with E-state index in [2.05, 4.69) is 5.32 Å². The number of nitrogens with one attached hydrogen (secondary N) is 1. The molecule has 0 saturated heterocycles. The summed E-state index contributed by atoms with van der Waals surface area (Å²) < 4.78 is 26.5. The van der Waals surface area contributed by atoms with E-state index in [0.29, 0.717) is 21.3 Å². The Morgan fingerprint density at radius 2 is 1.64 bits per heavy atom. The van der Waals surface area contributed by atoms with Crippen LogP contribution in [0.15, 0.2) is 36.4 Å². The maximum Gasteiger partial charge on any atom is 0.242 e. The van der Waals surface area contributed by atoms with Gasteiger partial charge in [-0.2, -0.15) is 0 Å². The van der Waals surface area contributed by atoms with Crippen LogP contribution in [0.25, 0.3) is 0 Å². The first kappa shape index (κ1) is 29.9. The quantitative estimate of drug-likeness (QED) is 0.418. The van der Waals surface area contributed by atoms with E-state index in [0.717, 1.165) is 17.4 Å². The molecule has 0 bridgehead atoms. The van der Waals surface area contributed by atoms with Gasteiger partial charge >= 0.3 is 0 Å². The first-order valence-corrected chi connectivity index (χ1v) is 14.4. The van der Waals surface area contributed by atoms with Crippen molar-refractivity contribution in [3.8, 4) is 0 Å². The number of carbonyl (C=O) groups excluding carboxylic acids is 2. The van der Waals surface area contributed by atoms with Crippen molar-refractivity contribution in [2.24, 2.45) is 0 Å². The normalized spacial score (nSPS) is 12.4. The molecule has 0 heterocycles. The molecular weight excluding hydrogens is 521 g/mol. The molecule has 10 heteroatoms. The van der Waals surface area contributed by atoms with Crippen LogP contribution in [0.3, 0.4) is 0 Å². The molecule has 198 valence electrons. The van der Waals surface area contributed by atoms with Crippen molar-refractivity contribution in [3.63, 3.8) is 0 Å². The molecule has 2 aromatic carbocycles. The van der Waals surface area contributed by atoms with Crippen LogP contribution < -0.4 is 9.62 Å². The molecule has 0 aliphatic heterocycles. The number of nitrogens with zero attached hydrogens (tertiary/aromatic N) is 2. The maximum absolute atomic E-state index is 13.4. The predicted molar refractivity (Wildman–Crippen MR) is 147 cm³/mol. The molecule has 2 rings (SSSR count). The van der Waals surface area contributed by atoms with Gasteiger partial charge in [-0.1, -0.05) is 41.4 Å². The van der Waals surface area contributed by atoms with E-state index in [1.165, 1.54) is 9.21 Å². The lowest BCUT2D eigenvalue weighted by Gasteiger charge is -2.30. The van der Waals surface area contributed by atoms with Crippen molar-refractivity contribution in [2.75, 3.05) is 17.1 Å². The van der Waals surface area contributed by atoms with Crippen LogP contribution in [-0.4, -0.2) is 50.0 Å². The van der Waals surface area contributed by atoms with Gasteiger partial charge < -0.3 is 10.2 Å². The second-order valence-electron chi connectivity index (χ2n) is 9.29. The summed E-state index contributed by atoms with van der Waals surface area (Å²) in [5.41, 5.74) is 2.90. The largest absolute Gasteiger partial charge is 0.352 e. The summed E-state index contributed by atoms with van der Waals surface area (Å²) in [7, 11) is -3.57. The minimum Gasteiger partial charge on any atom is -0.352 e. The molecule has 1 unspecified atom stereocenters. The number of sulfonamides is 1. The number of aryl methyl sites for hydroxylation is 2.